The number of benzene rings is 1. The van der Waals surface area contributed by atoms with E-state index in [9.17, 15) is 0 Å². The van der Waals surface area contributed by atoms with E-state index in [2.05, 4.69) is 46.2 Å². The largest absolute Gasteiger partial charge is 0.357 e. The molecule has 1 aromatic heterocycles. The van der Waals surface area contributed by atoms with Crippen LogP contribution < -0.4 is 10.6 Å². The number of nitrogens with one attached hydrogen (secondary N) is 2. The molecule has 7 heteroatoms. The third-order valence-corrected chi connectivity index (χ3v) is 5.24. The summed E-state index contributed by atoms with van der Waals surface area (Å²) in [4.78, 5) is 12.1. The van der Waals surface area contributed by atoms with E-state index in [0.29, 0.717) is 6.54 Å². The molecule has 1 fully saturated rings. The summed E-state index contributed by atoms with van der Waals surface area (Å²) in [6.07, 6.45) is 6.66. The molecule has 1 aromatic carbocycles. The van der Waals surface area contributed by atoms with Crippen molar-refractivity contribution in [2.45, 2.75) is 45.6 Å². The first-order valence-corrected chi connectivity index (χ1v) is 10.4. The Labute approximate surface area is 186 Å². The number of para-hydroxylation sites is 2. The predicted octanol–water partition coefficient (Wildman–Crippen LogP) is 3.51. The quantitative estimate of drug-likeness (QED) is 0.266. The molecule has 2 aromatic rings. The highest BCUT2D eigenvalue weighted by atomic mass is 127. The highest BCUT2D eigenvalue weighted by molar-refractivity contribution is 14.0. The van der Waals surface area contributed by atoms with Crippen LogP contribution in [0.1, 0.15) is 44.9 Å². The van der Waals surface area contributed by atoms with Gasteiger partial charge in [-0.1, -0.05) is 25.0 Å². The average Bonchev–Trinajstić information content (AvgIpc) is 2.85. The van der Waals surface area contributed by atoms with Crippen LogP contribution in [0.15, 0.2) is 29.3 Å². The first-order chi connectivity index (χ1) is 13.3. The van der Waals surface area contributed by atoms with E-state index < -0.39 is 0 Å². The summed E-state index contributed by atoms with van der Waals surface area (Å²) in [6, 6.07) is 8.22. The topological polar surface area (TPSA) is 57.5 Å². The van der Waals surface area contributed by atoms with Gasteiger partial charge in [0, 0.05) is 20.1 Å². The van der Waals surface area contributed by atoms with E-state index in [0.717, 1.165) is 42.3 Å². The van der Waals surface area contributed by atoms with Gasteiger partial charge in [-0.05, 0) is 58.0 Å². The lowest BCUT2D eigenvalue weighted by molar-refractivity contribution is 0.282. The first kappa shape index (κ1) is 22.9. The summed E-state index contributed by atoms with van der Waals surface area (Å²) in [5.41, 5.74) is 2.18. The molecule has 0 bridgehead atoms. The van der Waals surface area contributed by atoms with Crippen LogP contribution in [0, 0.1) is 0 Å². The van der Waals surface area contributed by atoms with Gasteiger partial charge in [-0.3, -0.25) is 0 Å². The van der Waals surface area contributed by atoms with Gasteiger partial charge in [0.1, 0.15) is 12.4 Å². The maximum absolute atomic E-state index is 4.74. The standard InChI is InChI=1S/C21H34N6.HI/c1-3-22-21(23-13-10-16-27-14-8-4-5-9-15-27)24-17-20-25-18-11-6-7-12-19(18)26(20)2;/h6-7,11-12H,3-5,8-10,13-17H2,1-2H3,(H2,22,23,24);1H. The third kappa shape index (κ3) is 6.62. The zero-order valence-corrected chi connectivity index (χ0v) is 19.6. The summed E-state index contributed by atoms with van der Waals surface area (Å²) in [7, 11) is 2.06. The van der Waals surface area contributed by atoms with Gasteiger partial charge < -0.3 is 20.1 Å². The van der Waals surface area contributed by atoms with E-state index in [4.69, 9.17) is 9.98 Å². The van der Waals surface area contributed by atoms with Crippen LogP contribution in [0.3, 0.4) is 0 Å². The fourth-order valence-corrected chi connectivity index (χ4v) is 3.70. The molecule has 1 aliphatic heterocycles. The number of likely N-dealkylation sites (tertiary alicyclic amines) is 1. The molecule has 2 heterocycles. The van der Waals surface area contributed by atoms with Crippen molar-refractivity contribution < 1.29 is 0 Å². The van der Waals surface area contributed by atoms with Crippen LogP contribution >= 0.6 is 24.0 Å². The molecule has 28 heavy (non-hydrogen) atoms. The van der Waals surface area contributed by atoms with Crippen molar-refractivity contribution in [3.8, 4) is 0 Å². The summed E-state index contributed by atoms with van der Waals surface area (Å²) < 4.78 is 2.13. The second-order valence-corrected chi connectivity index (χ2v) is 7.31. The molecule has 2 N–H and O–H groups in total. The maximum atomic E-state index is 4.74. The Morgan fingerprint density at radius 1 is 1.11 bits per heavy atom. The number of halogens is 1. The number of rotatable bonds is 7. The molecule has 3 rings (SSSR count). The Balaban J connectivity index is 0.00000280. The van der Waals surface area contributed by atoms with Gasteiger partial charge >= 0.3 is 0 Å². The predicted molar refractivity (Wildman–Crippen MR) is 128 cm³/mol. The van der Waals surface area contributed by atoms with Gasteiger partial charge in [-0.15, -0.1) is 24.0 Å². The second kappa shape index (κ2) is 12.3. The van der Waals surface area contributed by atoms with Crippen LogP contribution in [0.4, 0.5) is 0 Å². The number of aryl methyl sites for hydroxylation is 1. The third-order valence-electron chi connectivity index (χ3n) is 5.24. The molecular formula is C21H35IN6. The van der Waals surface area contributed by atoms with E-state index >= 15 is 0 Å². The lowest BCUT2D eigenvalue weighted by Crippen LogP contribution is -2.39. The number of imidazole rings is 1. The summed E-state index contributed by atoms with van der Waals surface area (Å²) in [5.74, 6) is 1.86. The Morgan fingerprint density at radius 2 is 1.86 bits per heavy atom. The number of fused-ring (bicyclic) bond motifs is 1. The van der Waals surface area contributed by atoms with Gasteiger partial charge in [0.2, 0.25) is 0 Å². The Morgan fingerprint density at radius 3 is 2.57 bits per heavy atom. The number of aliphatic imine (C=N–C) groups is 1. The van der Waals surface area contributed by atoms with Crippen LogP contribution in [-0.2, 0) is 13.6 Å². The molecule has 0 atom stereocenters. The number of nitrogens with zero attached hydrogens (tertiary/aromatic N) is 4. The molecule has 1 saturated heterocycles. The van der Waals surface area contributed by atoms with Crippen molar-refractivity contribution in [3.63, 3.8) is 0 Å². The van der Waals surface area contributed by atoms with Crippen LogP contribution in [0.25, 0.3) is 11.0 Å². The fourth-order valence-electron chi connectivity index (χ4n) is 3.70. The average molecular weight is 498 g/mol. The Bertz CT molecular complexity index is 734. The molecule has 0 amide bonds. The van der Waals surface area contributed by atoms with Crippen molar-refractivity contribution in [3.05, 3.63) is 30.1 Å². The zero-order valence-electron chi connectivity index (χ0n) is 17.3. The van der Waals surface area contributed by atoms with Crippen LogP contribution in [0.2, 0.25) is 0 Å². The molecule has 156 valence electrons. The fraction of sp³-hybridized carbons (Fsp3) is 0.619. The van der Waals surface area contributed by atoms with E-state index in [1.165, 1.54) is 45.3 Å². The molecule has 0 spiro atoms. The summed E-state index contributed by atoms with van der Waals surface area (Å²) >= 11 is 0. The Kier molecular flexibility index (Phi) is 10.0. The van der Waals surface area contributed by atoms with Gasteiger partial charge in [-0.25, -0.2) is 9.98 Å². The molecule has 0 radical (unpaired) electrons. The second-order valence-electron chi connectivity index (χ2n) is 7.31. The van der Waals surface area contributed by atoms with Crippen LogP contribution in [-0.4, -0.2) is 53.1 Å². The summed E-state index contributed by atoms with van der Waals surface area (Å²) in [6.45, 7) is 8.19. The molecule has 0 aliphatic carbocycles. The normalized spacial score (nSPS) is 15.9. The van der Waals surface area contributed by atoms with Gasteiger partial charge in [0.05, 0.1) is 11.0 Å². The molecular weight excluding hydrogens is 463 g/mol. The van der Waals surface area contributed by atoms with E-state index in [1.807, 2.05) is 12.1 Å². The monoisotopic (exact) mass is 498 g/mol. The van der Waals surface area contributed by atoms with Crippen molar-refractivity contribution in [1.82, 2.24) is 25.1 Å². The van der Waals surface area contributed by atoms with E-state index in [-0.39, 0.29) is 24.0 Å². The number of hydrogen-bond acceptors (Lipinski definition) is 3. The maximum Gasteiger partial charge on any atom is 0.191 e. The van der Waals surface area contributed by atoms with Crippen molar-refractivity contribution in [2.75, 3.05) is 32.7 Å². The highest BCUT2D eigenvalue weighted by Crippen LogP contribution is 2.14. The van der Waals surface area contributed by atoms with Crippen molar-refractivity contribution in [2.24, 2.45) is 12.0 Å². The number of guanidine groups is 1. The molecule has 1 aliphatic rings. The SMILES string of the molecule is CCNC(=NCc1nc2ccccc2n1C)NCCCN1CCCCCC1.I. The van der Waals surface area contributed by atoms with Crippen molar-refractivity contribution >= 4 is 41.0 Å². The van der Waals surface area contributed by atoms with Gasteiger partial charge in [0.25, 0.3) is 0 Å². The first-order valence-electron chi connectivity index (χ1n) is 10.4. The number of aromatic nitrogens is 2. The lowest BCUT2D eigenvalue weighted by atomic mass is 10.2. The smallest absolute Gasteiger partial charge is 0.191 e. The minimum Gasteiger partial charge on any atom is -0.357 e. The van der Waals surface area contributed by atoms with E-state index in [1.54, 1.807) is 0 Å². The summed E-state index contributed by atoms with van der Waals surface area (Å²) in [5, 5.41) is 6.82. The lowest BCUT2D eigenvalue weighted by Gasteiger charge is -2.20. The van der Waals surface area contributed by atoms with Gasteiger partial charge in [0.15, 0.2) is 5.96 Å². The van der Waals surface area contributed by atoms with Gasteiger partial charge in [-0.2, -0.15) is 0 Å². The molecule has 0 saturated carbocycles. The Hall–Kier alpha value is -1.35. The van der Waals surface area contributed by atoms with Crippen LogP contribution in [0.5, 0.6) is 0 Å². The molecule has 0 unspecified atom stereocenters. The highest BCUT2D eigenvalue weighted by Gasteiger charge is 2.09. The molecule has 6 nitrogen and oxygen atoms in total. The zero-order chi connectivity index (χ0) is 18.9. The number of hydrogen-bond donors (Lipinski definition) is 2. The minimum absolute atomic E-state index is 0. The minimum atomic E-state index is 0. The van der Waals surface area contributed by atoms with Crippen molar-refractivity contribution in [1.29, 1.82) is 0 Å².